The number of aryl methyl sites for hydroxylation is 1. The molecule has 0 atom stereocenters. The molecular formula is C16H15N3O. The molecule has 100 valence electrons. The van der Waals surface area contributed by atoms with E-state index in [9.17, 15) is 4.79 Å². The van der Waals surface area contributed by atoms with Gasteiger partial charge in [-0.25, -0.2) is 0 Å². The van der Waals surface area contributed by atoms with Crippen LogP contribution < -0.4 is 5.32 Å². The number of aromatic nitrogens is 2. The normalized spacial score (nSPS) is 10.7. The van der Waals surface area contributed by atoms with Crippen molar-refractivity contribution < 1.29 is 4.79 Å². The third-order valence-electron chi connectivity index (χ3n) is 3.35. The van der Waals surface area contributed by atoms with Crippen LogP contribution in [-0.4, -0.2) is 15.5 Å². The van der Waals surface area contributed by atoms with Crippen LogP contribution in [0.2, 0.25) is 0 Å². The Balaban J connectivity index is 1.77. The summed E-state index contributed by atoms with van der Waals surface area (Å²) in [6.45, 7) is 0.506. The highest BCUT2D eigenvalue weighted by Crippen LogP contribution is 2.16. The fourth-order valence-corrected chi connectivity index (χ4v) is 2.19. The van der Waals surface area contributed by atoms with E-state index in [1.165, 1.54) is 0 Å². The van der Waals surface area contributed by atoms with Crippen molar-refractivity contribution in [2.45, 2.75) is 6.54 Å². The molecule has 2 aromatic heterocycles. The maximum atomic E-state index is 12.2. The van der Waals surface area contributed by atoms with Gasteiger partial charge in [0, 0.05) is 43.3 Å². The van der Waals surface area contributed by atoms with Crippen molar-refractivity contribution in [3.8, 4) is 0 Å². The second kappa shape index (κ2) is 5.17. The number of amides is 1. The molecule has 1 N–H and O–H groups in total. The molecule has 4 heteroatoms. The lowest BCUT2D eigenvalue weighted by Gasteiger charge is -2.06. The Bertz CT molecular complexity index is 747. The van der Waals surface area contributed by atoms with Crippen molar-refractivity contribution in [1.82, 2.24) is 14.9 Å². The number of hydrogen-bond donors (Lipinski definition) is 1. The number of fused-ring (bicyclic) bond motifs is 1. The smallest absolute Gasteiger partial charge is 0.251 e. The van der Waals surface area contributed by atoms with Crippen molar-refractivity contribution >= 4 is 16.8 Å². The molecule has 2 heterocycles. The maximum absolute atomic E-state index is 12.2. The van der Waals surface area contributed by atoms with Crippen molar-refractivity contribution in [1.29, 1.82) is 0 Å². The van der Waals surface area contributed by atoms with Crippen molar-refractivity contribution in [3.63, 3.8) is 0 Å². The van der Waals surface area contributed by atoms with Crippen LogP contribution in [0, 0.1) is 0 Å². The first kappa shape index (κ1) is 12.4. The molecule has 1 aromatic carbocycles. The number of nitrogens with zero attached hydrogens (tertiary/aromatic N) is 2. The van der Waals surface area contributed by atoms with Crippen LogP contribution in [0.15, 0.2) is 55.0 Å². The Morgan fingerprint density at radius 1 is 1.20 bits per heavy atom. The van der Waals surface area contributed by atoms with E-state index in [0.29, 0.717) is 12.1 Å². The number of hydrogen-bond acceptors (Lipinski definition) is 2. The quantitative estimate of drug-likeness (QED) is 0.791. The van der Waals surface area contributed by atoms with Gasteiger partial charge in [-0.3, -0.25) is 9.78 Å². The minimum atomic E-state index is -0.0649. The van der Waals surface area contributed by atoms with Crippen LogP contribution in [-0.2, 0) is 13.6 Å². The van der Waals surface area contributed by atoms with Crippen molar-refractivity contribution in [2.24, 2.45) is 7.05 Å². The van der Waals surface area contributed by atoms with Crippen LogP contribution in [0.5, 0.6) is 0 Å². The maximum Gasteiger partial charge on any atom is 0.251 e. The van der Waals surface area contributed by atoms with E-state index in [0.717, 1.165) is 16.5 Å². The Labute approximate surface area is 117 Å². The van der Waals surface area contributed by atoms with Gasteiger partial charge >= 0.3 is 0 Å². The van der Waals surface area contributed by atoms with Crippen LogP contribution in [0.4, 0.5) is 0 Å². The largest absolute Gasteiger partial charge is 0.351 e. The zero-order valence-electron chi connectivity index (χ0n) is 11.2. The number of nitrogens with one attached hydrogen (secondary N) is 1. The number of benzene rings is 1. The summed E-state index contributed by atoms with van der Waals surface area (Å²) < 4.78 is 2.01. The fourth-order valence-electron chi connectivity index (χ4n) is 2.19. The second-order valence-electron chi connectivity index (χ2n) is 4.74. The summed E-state index contributed by atoms with van der Waals surface area (Å²) in [5.74, 6) is -0.0649. The lowest BCUT2D eigenvalue weighted by Crippen LogP contribution is -2.22. The van der Waals surface area contributed by atoms with Gasteiger partial charge < -0.3 is 9.88 Å². The molecule has 0 saturated carbocycles. The predicted molar refractivity (Wildman–Crippen MR) is 78.3 cm³/mol. The van der Waals surface area contributed by atoms with Crippen molar-refractivity contribution in [2.75, 3.05) is 0 Å². The molecule has 1 amide bonds. The van der Waals surface area contributed by atoms with Gasteiger partial charge in [0.1, 0.15) is 0 Å². The molecule has 0 radical (unpaired) electrons. The third kappa shape index (κ3) is 2.40. The monoisotopic (exact) mass is 265 g/mol. The Hall–Kier alpha value is -2.62. The van der Waals surface area contributed by atoms with E-state index in [1.807, 2.05) is 54.2 Å². The molecule has 0 aliphatic heterocycles. The summed E-state index contributed by atoms with van der Waals surface area (Å²) in [5.41, 5.74) is 2.77. The first-order valence-corrected chi connectivity index (χ1v) is 6.46. The van der Waals surface area contributed by atoms with Crippen molar-refractivity contribution in [3.05, 3.63) is 66.1 Å². The van der Waals surface area contributed by atoms with E-state index in [1.54, 1.807) is 12.4 Å². The van der Waals surface area contributed by atoms with Crippen LogP contribution in [0.25, 0.3) is 10.9 Å². The Kier molecular flexibility index (Phi) is 3.21. The van der Waals surface area contributed by atoms with Gasteiger partial charge in [0.25, 0.3) is 5.91 Å². The third-order valence-corrected chi connectivity index (χ3v) is 3.35. The number of carbonyl (C=O) groups excluding carboxylic acids is 1. The first-order valence-electron chi connectivity index (χ1n) is 6.46. The van der Waals surface area contributed by atoms with E-state index >= 15 is 0 Å². The van der Waals surface area contributed by atoms with E-state index in [4.69, 9.17) is 0 Å². The molecule has 0 aliphatic rings. The lowest BCUT2D eigenvalue weighted by molar-refractivity contribution is 0.0951. The summed E-state index contributed by atoms with van der Waals surface area (Å²) in [4.78, 5) is 16.1. The Morgan fingerprint density at radius 3 is 2.80 bits per heavy atom. The molecule has 0 aliphatic carbocycles. The SMILES string of the molecule is Cn1ccc2ccc(C(=O)NCc3ccncc3)cc21. The second-order valence-corrected chi connectivity index (χ2v) is 4.74. The van der Waals surface area contributed by atoms with Crippen LogP contribution in [0.3, 0.4) is 0 Å². The van der Waals surface area contributed by atoms with Gasteiger partial charge in [0.05, 0.1) is 0 Å². The predicted octanol–water partition coefficient (Wildman–Crippen LogP) is 2.50. The molecule has 0 unspecified atom stereocenters. The van der Waals surface area contributed by atoms with E-state index in [2.05, 4.69) is 10.3 Å². The summed E-state index contributed by atoms with van der Waals surface area (Å²) in [5, 5.41) is 4.05. The minimum absolute atomic E-state index is 0.0649. The molecule has 0 bridgehead atoms. The average molecular weight is 265 g/mol. The zero-order valence-corrected chi connectivity index (χ0v) is 11.2. The number of carbonyl (C=O) groups is 1. The van der Waals surface area contributed by atoms with Gasteiger partial charge in [-0.2, -0.15) is 0 Å². The van der Waals surface area contributed by atoms with E-state index in [-0.39, 0.29) is 5.91 Å². The highest BCUT2D eigenvalue weighted by Gasteiger charge is 2.07. The van der Waals surface area contributed by atoms with Gasteiger partial charge in [0.2, 0.25) is 0 Å². The number of pyridine rings is 1. The summed E-state index contributed by atoms with van der Waals surface area (Å²) in [6, 6.07) is 11.5. The van der Waals surface area contributed by atoms with Gasteiger partial charge in [-0.05, 0) is 41.3 Å². The summed E-state index contributed by atoms with van der Waals surface area (Å²) in [6.07, 6.45) is 5.43. The zero-order chi connectivity index (χ0) is 13.9. The van der Waals surface area contributed by atoms with Gasteiger partial charge in [0.15, 0.2) is 0 Å². The minimum Gasteiger partial charge on any atom is -0.351 e. The average Bonchev–Trinajstić information content (AvgIpc) is 2.87. The highest BCUT2D eigenvalue weighted by atomic mass is 16.1. The molecule has 0 saturated heterocycles. The molecule has 0 spiro atoms. The standard InChI is InChI=1S/C16H15N3O/c1-19-9-6-13-2-3-14(10-15(13)19)16(20)18-11-12-4-7-17-8-5-12/h2-10H,11H2,1H3,(H,18,20). The molecule has 0 fully saturated rings. The molecule has 3 aromatic rings. The molecule has 3 rings (SSSR count). The molecule has 20 heavy (non-hydrogen) atoms. The first-order chi connectivity index (χ1) is 9.74. The van der Waals surface area contributed by atoms with Gasteiger partial charge in [-0.1, -0.05) is 6.07 Å². The number of rotatable bonds is 3. The highest BCUT2D eigenvalue weighted by molar-refractivity contribution is 5.98. The summed E-state index contributed by atoms with van der Waals surface area (Å²) in [7, 11) is 1.97. The van der Waals surface area contributed by atoms with Crippen LogP contribution >= 0.6 is 0 Å². The molecular weight excluding hydrogens is 250 g/mol. The fraction of sp³-hybridized carbons (Fsp3) is 0.125. The Morgan fingerprint density at radius 2 is 2.00 bits per heavy atom. The van der Waals surface area contributed by atoms with Gasteiger partial charge in [-0.15, -0.1) is 0 Å². The lowest BCUT2D eigenvalue weighted by atomic mass is 10.1. The summed E-state index contributed by atoms with van der Waals surface area (Å²) >= 11 is 0. The topological polar surface area (TPSA) is 46.9 Å². The van der Waals surface area contributed by atoms with E-state index < -0.39 is 0 Å². The molecule has 4 nitrogen and oxygen atoms in total. The van der Waals surface area contributed by atoms with Crippen LogP contribution in [0.1, 0.15) is 15.9 Å².